The van der Waals surface area contributed by atoms with Gasteiger partial charge < -0.3 is 28.4 Å². The highest BCUT2D eigenvalue weighted by molar-refractivity contribution is 6.02. The third-order valence-electron chi connectivity index (χ3n) is 8.97. The maximum Gasteiger partial charge on any atom is 0.324 e. The molecule has 0 radical (unpaired) electrons. The van der Waals surface area contributed by atoms with Crippen molar-refractivity contribution in [3.8, 4) is 22.4 Å². The van der Waals surface area contributed by atoms with E-state index in [4.69, 9.17) is 28.4 Å². The molecule has 15 nitrogen and oxygen atoms in total. The summed E-state index contributed by atoms with van der Waals surface area (Å²) in [5.41, 5.74) is 3.35. The molecular weight excluding hydrogens is 676 g/mol. The molecule has 52 heavy (non-hydrogen) atoms. The Bertz CT molecular complexity index is 2010. The second kappa shape index (κ2) is 14.9. The van der Waals surface area contributed by atoms with Crippen molar-refractivity contribution in [1.82, 2.24) is 19.5 Å². The zero-order valence-electron chi connectivity index (χ0n) is 29.3. The van der Waals surface area contributed by atoms with E-state index in [1.165, 1.54) is 33.4 Å². The maximum atomic E-state index is 13.4. The molecule has 15 heteroatoms. The van der Waals surface area contributed by atoms with Crippen molar-refractivity contribution >= 4 is 41.0 Å². The average molecular weight is 715 g/mol. The Hall–Kier alpha value is -5.70. The van der Waals surface area contributed by atoms with Crippen molar-refractivity contribution in [2.45, 2.75) is 72.0 Å². The summed E-state index contributed by atoms with van der Waals surface area (Å²) in [5, 5.41) is 0. The van der Waals surface area contributed by atoms with Crippen LogP contribution < -0.4 is 0 Å². The fraction of sp³-hybridized carbons (Fsp3) is 0.405. The van der Waals surface area contributed by atoms with Gasteiger partial charge in [-0.3, -0.25) is 28.5 Å². The smallest absolute Gasteiger partial charge is 0.324 e. The topological polar surface area (TPSA) is 184 Å². The molecule has 2 aromatic heterocycles. The molecule has 2 aliphatic rings. The summed E-state index contributed by atoms with van der Waals surface area (Å²) in [6.45, 7) is 6.96. The van der Waals surface area contributed by atoms with Gasteiger partial charge in [-0.25, -0.2) is 15.0 Å². The number of fused-ring (bicyclic) bond motifs is 2. The average Bonchev–Trinajstić information content (AvgIpc) is 3.81. The van der Waals surface area contributed by atoms with Crippen LogP contribution in [0.15, 0.2) is 55.1 Å². The lowest BCUT2D eigenvalue weighted by molar-refractivity contribution is -0.171. The minimum Gasteiger partial charge on any atom is -0.465 e. The van der Waals surface area contributed by atoms with Gasteiger partial charge in [0.1, 0.15) is 30.2 Å². The summed E-state index contributed by atoms with van der Waals surface area (Å²) < 4.78 is 34.9. The number of esters is 5. The number of ether oxygens (including phenoxy) is 6. The van der Waals surface area contributed by atoms with E-state index < -0.39 is 59.8 Å². The van der Waals surface area contributed by atoms with E-state index in [1.807, 2.05) is 42.5 Å². The molecule has 0 amide bonds. The van der Waals surface area contributed by atoms with Gasteiger partial charge in [-0.05, 0) is 55.0 Å². The molecule has 4 aromatic rings. The number of imidazole rings is 1. The van der Waals surface area contributed by atoms with E-state index in [-0.39, 0.29) is 32.7 Å². The van der Waals surface area contributed by atoms with Gasteiger partial charge in [0, 0.05) is 26.3 Å². The minimum absolute atomic E-state index is 0.0615. The van der Waals surface area contributed by atoms with Crippen LogP contribution in [0.25, 0.3) is 33.5 Å². The van der Waals surface area contributed by atoms with Crippen molar-refractivity contribution in [2.75, 3.05) is 19.8 Å². The van der Waals surface area contributed by atoms with Gasteiger partial charge in [0.15, 0.2) is 29.5 Å². The van der Waals surface area contributed by atoms with Crippen molar-refractivity contribution in [1.29, 1.82) is 0 Å². The third kappa shape index (κ3) is 6.83. The molecule has 2 aromatic carbocycles. The summed E-state index contributed by atoms with van der Waals surface area (Å²) in [5.74, 6) is -3.18. The van der Waals surface area contributed by atoms with Crippen LogP contribution in [0.5, 0.6) is 0 Å². The monoisotopic (exact) mass is 714 g/mol. The second-order valence-corrected chi connectivity index (χ2v) is 12.5. The minimum atomic E-state index is -1.55. The highest BCUT2D eigenvalue weighted by Crippen LogP contribution is 2.45. The van der Waals surface area contributed by atoms with Crippen molar-refractivity contribution < 1.29 is 52.4 Å². The largest absolute Gasteiger partial charge is 0.465 e. The van der Waals surface area contributed by atoms with Crippen LogP contribution in [0.3, 0.4) is 0 Å². The number of rotatable bonds is 11. The van der Waals surface area contributed by atoms with Gasteiger partial charge in [0.25, 0.3) is 0 Å². The fourth-order valence-electron chi connectivity index (χ4n) is 6.85. The quantitative estimate of drug-likeness (QED) is 0.124. The fourth-order valence-corrected chi connectivity index (χ4v) is 6.85. The van der Waals surface area contributed by atoms with Crippen LogP contribution in [-0.4, -0.2) is 87.5 Å². The molecule has 3 heterocycles. The highest BCUT2D eigenvalue weighted by atomic mass is 16.7. The molecule has 0 saturated carbocycles. The van der Waals surface area contributed by atoms with Crippen molar-refractivity contribution in [3.63, 3.8) is 0 Å². The summed E-state index contributed by atoms with van der Waals surface area (Å²) in [6.07, 6.45) is -1.39. The van der Waals surface area contributed by atoms with Gasteiger partial charge in [-0.15, -0.1) is 0 Å². The number of hydrogen-bond acceptors (Lipinski definition) is 14. The molecule has 1 aliphatic heterocycles. The van der Waals surface area contributed by atoms with Crippen LogP contribution >= 0.6 is 0 Å². The lowest BCUT2D eigenvalue weighted by Crippen LogP contribution is -2.43. The SMILES string of the molecule is CCOC(=O)C1(C(=O)OCC)Cc2cc(-c3ccccc3)c(-c3ncnc4c3ncn4[C@@H]3O[C@H](COC(C)=O)[C@@H](OC(C)=O)[C@H]3OC(C)=O)cc2C1. The Labute approximate surface area is 298 Å². The Kier molecular flexibility index (Phi) is 10.3. The first-order valence-electron chi connectivity index (χ1n) is 16.8. The van der Waals surface area contributed by atoms with E-state index in [0.29, 0.717) is 22.4 Å². The standard InChI is InChI=1S/C37H38N4O11/c1-6-47-35(45)37(36(46)48-7-2)15-24-13-26(23-11-9-8-10-12-23)27(14-25(24)16-37)29-30-33(39-18-38-29)41(19-40-30)34-32(51-22(5)44)31(50-21(4)43)28(52-34)17-49-20(3)42/h8-14,18-19,28,31-32,34H,6-7,15-17H2,1-5H3/t28-,31-,32-,34-/m1/s1. The van der Waals surface area contributed by atoms with Gasteiger partial charge in [-0.2, -0.15) is 0 Å². The lowest BCUT2D eigenvalue weighted by atomic mass is 9.84. The van der Waals surface area contributed by atoms with Gasteiger partial charge in [0.05, 0.1) is 19.5 Å². The van der Waals surface area contributed by atoms with Gasteiger partial charge in [-0.1, -0.05) is 36.4 Å². The Balaban J connectivity index is 1.48. The van der Waals surface area contributed by atoms with E-state index in [0.717, 1.165) is 22.3 Å². The number of aromatic nitrogens is 4. The number of carbonyl (C=O) groups is 5. The first-order chi connectivity index (χ1) is 25.0. The van der Waals surface area contributed by atoms with Crippen LogP contribution in [0.4, 0.5) is 0 Å². The molecule has 1 aliphatic carbocycles. The number of carbonyl (C=O) groups excluding carboxylic acids is 5. The van der Waals surface area contributed by atoms with Crippen LogP contribution in [0, 0.1) is 5.41 Å². The molecule has 0 unspecified atom stereocenters. The van der Waals surface area contributed by atoms with E-state index >= 15 is 0 Å². The Morgan fingerprint density at radius 1 is 0.788 bits per heavy atom. The van der Waals surface area contributed by atoms with Crippen LogP contribution in [0.1, 0.15) is 52.0 Å². The first kappa shape index (κ1) is 36.1. The zero-order valence-corrected chi connectivity index (χ0v) is 29.3. The highest BCUT2D eigenvalue weighted by Gasteiger charge is 2.54. The number of benzene rings is 2. The molecule has 0 N–H and O–H groups in total. The predicted octanol–water partition coefficient (Wildman–Crippen LogP) is 3.70. The normalized spacial score (nSPS) is 20.2. The summed E-state index contributed by atoms with van der Waals surface area (Å²) in [4.78, 5) is 76.7. The predicted molar refractivity (Wildman–Crippen MR) is 181 cm³/mol. The van der Waals surface area contributed by atoms with Crippen LogP contribution in [-0.2, 0) is 65.2 Å². The van der Waals surface area contributed by atoms with E-state index in [2.05, 4.69) is 15.0 Å². The number of hydrogen-bond donors (Lipinski definition) is 0. The first-order valence-corrected chi connectivity index (χ1v) is 16.8. The molecule has 4 atom stereocenters. The molecule has 6 rings (SSSR count). The zero-order chi connectivity index (χ0) is 37.2. The molecule has 272 valence electrons. The molecular formula is C37H38N4O11. The van der Waals surface area contributed by atoms with Crippen LogP contribution in [0.2, 0.25) is 0 Å². The summed E-state index contributed by atoms with van der Waals surface area (Å²) in [7, 11) is 0. The van der Waals surface area contributed by atoms with E-state index in [9.17, 15) is 24.0 Å². The summed E-state index contributed by atoms with van der Waals surface area (Å²) in [6, 6.07) is 13.4. The van der Waals surface area contributed by atoms with Gasteiger partial charge >= 0.3 is 29.8 Å². The molecule has 0 bridgehead atoms. The Morgan fingerprint density at radius 3 is 2.00 bits per heavy atom. The second-order valence-electron chi connectivity index (χ2n) is 12.5. The number of nitrogens with zero attached hydrogens (tertiary/aromatic N) is 4. The van der Waals surface area contributed by atoms with Crippen molar-refractivity contribution in [2.24, 2.45) is 5.41 Å². The molecule has 1 fully saturated rings. The lowest BCUT2D eigenvalue weighted by Gasteiger charge is -2.23. The molecule has 1 saturated heterocycles. The maximum absolute atomic E-state index is 13.4. The third-order valence-corrected chi connectivity index (χ3v) is 8.97. The Morgan fingerprint density at radius 2 is 1.40 bits per heavy atom. The van der Waals surface area contributed by atoms with E-state index in [1.54, 1.807) is 18.4 Å². The van der Waals surface area contributed by atoms with Crippen molar-refractivity contribution in [3.05, 3.63) is 66.2 Å². The summed E-state index contributed by atoms with van der Waals surface area (Å²) >= 11 is 0. The van der Waals surface area contributed by atoms with Gasteiger partial charge in [0.2, 0.25) is 0 Å². The molecule has 0 spiro atoms.